The van der Waals surface area contributed by atoms with E-state index in [1.807, 2.05) is 31.2 Å². The lowest BCUT2D eigenvalue weighted by molar-refractivity contribution is -0.274. The van der Waals surface area contributed by atoms with Crippen LogP contribution in [0, 0.1) is 0 Å². The molecule has 0 aliphatic carbocycles. The third-order valence-electron chi connectivity index (χ3n) is 3.38. The van der Waals surface area contributed by atoms with Gasteiger partial charge < -0.3 is 20.5 Å². The minimum Gasteiger partial charge on any atom is -0.404 e. The van der Waals surface area contributed by atoms with Crippen LogP contribution in [0.5, 0.6) is 5.75 Å². The molecule has 148 valence electrons. The van der Waals surface area contributed by atoms with E-state index in [2.05, 4.69) is 15.0 Å². The highest BCUT2D eigenvalue weighted by Crippen LogP contribution is 2.29. The van der Waals surface area contributed by atoms with Crippen LogP contribution in [0.3, 0.4) is 0 Å². The van der Waals surface area contributed by atoms with Crippen LogP contribution in [-0.4, -0.2) is 18.9 Å². The minimum absolute atomic E-state index is 0. The molecule has 0 atom stereocenters. The lowest BCUT2D eigenvalue weighted by Crippen LogP contribution is -2.24. The predicted octanol–water partition coefficient (Wildman–Crippen LogP) is 4.67. The summed E-state index contributed by atoms with van der Waals surface area (Å²) >= 11 is 0. The highest BCUT2D eigenvalue weighted by atomic mass is 127. The molecule has 0 amide bonds. The molecule has 0 fully saturated rings. The van der Waals surface area contributed by atoms with Crippen molar-refractivity contribution in [1.29, 1.82) is 0 Å². The largest absolute Gasteiger partial charge is 0.573 e. The van der Waals surface area contributed by atoms with Gasteiger partial charge in [0.2, 0.25) is 0 Å². The Labute approximate surface area is 172 Å². The summed E-state index contributed by atoms with van der Waals surface area (Å²) in [6, 6.07) is 13.2. The van der Waals surface area contributed by atoms with Crippen molar-refractivity contribution in [3.8, 4) is 5.75 Å². The summed E-state index contributed by atoms with van der Waals surface area (Å²) in [7, 11) is 0. The molecule has 0 heterocycles. The number of nitrogens with one attached hydrogen (secondary N) is 1. The molecule has 3 N–H and O–H groups in total. The molecule has 0 saturated heterocycles. The fraction of sp³-hybridized carbons (Fsp3) is 0.278. The van der Waals surface area contributed by atoms with Gasteiger partial charge in [-0.1, -0.05) is 36.4 Å². The fourth-order valence-electron chi connectivity index (χ4n) is 2.20. The van der Waals surface area contributed by atoms with Gasteiger partial charge in [-0.15, -0.1) is 37.1 Å². The Kier molecular flexibility index (Phi) is 9.36. The molecule has 0 aliphatic heterocycles. The number of para-hydroxylation sites is 2. The highest BCUT2D eigenvalue weighted by Gasteiger charge is 2.32. The number of halogens is 4. The van der Waals surface area contributed by atoms with Crippen molar-refractivity contribution in [2.75, 3.05) is 11.9 Å². The van der Waals surface area contributed by atoms with Crippen molar-refractivity contribution in [2.24, 2.45) is 10.7 Å². The topological polar surface area (TPSA) is 68.9 Å². The molecule has 27 heavy (non-hydrogen) atoms. The van der Waals surface area contributed by atoms with Crippen LogP contribution < -0.4 is 15.8 Å². The van der Waals surface area contributed by atoms with Gasteiger partial charge in [0.15, 0.2) is 11.7 Å². The third-order valence-corrected chi connectivity index (χ3v) is 3.38. The standard InChI is InChI=1S/C18H20F3N3O2.HI/c1-2-25-12-14-8-4-3-7-13(14)11-23-17(22)24-15-9-5-6-10-16(15)26-18(19,20)21;/h3-10H,2,11-12H2,1H3,(H3,22,23,24);1H. The first-order valence-electron chi connectivity index (χ1n) is 7.95. The van der Waals surface area contributed by atoms with Crippen LogP contribution in [0.15, 0.2) is 53.5 Å². The summed E-state index contributed by atoms with van der Waals surface area (Å²) in [5.74, 6) is -0.399. The second-order valence-corrected chi connectivity index (χ2v) is 5.28. The molecule has 0 spiro atoms. The van der Waals surface area contributed by atoms with E-state index in [0.29, 0.717) is 13.2 Å². The monoisotopic (exact) mass is 495 g/mol. The molecule has 0 aliphatic rings. The second-order valence-electron chi connectivity index (χ2n) is 5.28. The summed E-state index contributed by atoms with van der Waals surface area (Å²) in [4.78, 5) is 4.19. The average Bonchev–Trinajstić information content (AvgIpc) is 2.59. The molecule has 0 bridgehead atoms. The van der Waals surface area contributed by atoms with Gasteiger partial charge in [0.05, 0.1) is 18.8 Å². The Balaban J connectivity index is 0.00000364. The van der Waals surface area contributed by atoms with Crippen molar-refractivity contribution < 1.29 is 22.6 Å². The Morgan fingerprint density at radius 2 is 1.70 bits per heavy atom. The minimum atomic E-state index is -4.79. The molecule has 0 aromatic heterocycles. The highest BCUT2D eigenvalue weighted by molar-refractivity contribution is 14.0. The maximum Gasteiger partial charge on any atom is 0.573 e. The fourth-order valence-corrected chi connectivity index (χ4v) is 2.20. The molecule has 2 aromatic carbocycles. The number of guanidine groups is 1. The first-order chi connectivity index (χ1) is 12.4. The van der Waals surface area contributed by atoms with E-state index in [9.17, 15) is 13.2 Å². The molecule has 9 heteroatoms. The number of alkyl halides is 3. The zero-order valence-corrected chi connectivity index (χ0v) is 17.0. The molecule has 5 nitrogen and oxygen atoms in total. The van der Waals surface area contributed by atoms with Crippen LogP contribution in [-0.2, 0) is 17.9 Å². The quantitative estimate of drug-likeness (QED) is 0.333. The lowest BCUT2D eigenvalue weighted by atomic mass is 10.1. The van der Waals surface area contributed by atoms with E-state index < -0.39 is 6.36 Å². The van der Waals surface area contributed by atoms with Crippen molar-refractivity contribution >= 4 is 35.6 Å². The van der Waals surface area contributed by atoms with E-state index in [1.165, 1.54) is 18.2 Å². The number of nitrogens with two attached hydrogens (primary N) is 1. The number of hydrogen-bond donors (Lipinski definition) is 2. The first-order valence-corrected chi connectivity index (χ1v) is 7.95. The van der Waals surface area contributed by atoms with Crippen LogP contribution >= 0.6 is 24.0 Å². The number of rotatable bonds is 7. The third kappa shape index (κ3) is 8.04. The summed E-state index contributed by atoms with van der Waals surface area (Å²) in [6.07, 6.45) is -4.79. The number of nitrogens with zero attached hydrogens (tertiary/aromatic N) is 1. The normalized spacial score (nSPS) is 11.6. The Morgan fingerprint density at radius 1 is 1.07 bits per heavy atom. The average molecular weight is 495 g/mol. The van der Waals surface area contributed by atoms with Gasteiger partial charge in [0, 0.05) is 6.61 Å². The smallest absolute Gasteiger partial charge is 0.404 e. The SMILES string of the molecule is CCOCc1ccccc1CN=C(N)Nc1ccccc1OC(F)(F)F.I. The maximum atomic E-state index is 12.5. The van der Waals surface area contributed by atoms with Crippen LogP contribution in [0.2, 0.25) is 0 Å². The molecule has 2 aromatic rings. The van der Waals surface area contributed by atoms with Gasteiger partial charge in [-0.25, -0.2) is 4.99 Å². The number of aliphatic imine (C=N–C) groups is 1. The van der Waals surface area contributed by atoms with Gasteiger partial charge in [-0.05, 0) is 30.2 Å². The molecule has 2 rings (SSSR count). The van der Waals surface area contributed by atoms with E-state index >= 15 is 0 Å². The van der Waals surface area contributed by atoms with Gasteiger partial charge in [0.1, 0.15) is 0 Å². The lowest BCUT2D eigenvalue weighted by Gasteiger charge is -2.14. The second kappa shape index (κ2) is 11.0. The summed E-state index contributed by atoms with van der Waals surface area (Å²) < 4.78 is 46.7. The van der Waals surface area contributed by atoms with E-state index in [1.54, 1.807) is 6.07 Å². The molecular formula is C18H21F3IN3O2. The van der Waals surface area contributed by atoms with Gasteiger partial charge in [-0.3, -0.25) is 0 Å². The molecule has 0 unspecified atom stereocenters. The Bertz CT molecular complexity index is 755. The number of anilines is 1. The van der Waals surface area contributed by atoms with E-state index in [0.717, 1.165) is 11.1 Å². The van der Waals surface area contributed by atoms with E-state index in [-0.39, 0.29) is 47.9 Å². The van der Waals surface area contributed by atoms with Crippen molar-refractivity contribution in [1.82, 2.24) is 0 Å². The van der Waals surface area contributed by atoms with Crippen LogP contribution in [0.1, 0.15) is 18.1 Å². The van der Waals surface area contributed by atoms with Gasteiger partial charge in [-0.2, -0.15) is 0 Å². The Morgan fingerprint density at radius 3 is 2.37 bits per heavy atom. The summed E-state index contributed by atoms with van der Waals surface area (Å²) in [6.45, 7) is 3.22. The Hall–Kier alpha value is -2.01. The van der Waals surface area contributed by atoms with Crippen molar-refractivity contribution in [2.45, 2.75) is 26.4 Å². The number of benzene rings is 2. The number of hydrogen-bond acceptors (Lipinski definition) is 3. The van der Waals surface area contributed by atoms with Gasteiger partial charge >= 0.3 is 6.36 Å². The zero-order valence-electron chi connectivity index (χ0n) is 14.6. The van der Waals surface area contributed by atoms with E-state index in [4.69, 9.17) is 10.5 Å². The molecule has 0 radical (unpaired) electrons. The number of ether oxygens (including phenoxy) is 2. The van der Waals surface area contributed by atoms with Crippen LogP contribution in [0.4, 0.5) is 18.9 Å². The summed E-state index contributed by atoms with van der Waals surface area (Å²) in [5.41, 5.74) is 7.78. The predicted molar refractivity (Wildman–Crippen MR) is 109 cm³/mol. The summed E-state index contributed by atoms with van der Waals surface area (Å²) in [5, 5.41) is 2.64. The molecule has 0 saturated carbocycles. The first kappa shape index (κ1) is 23.0. The van der Waals surface area contributed by atoms with Gasteiger partial charge in [0.25, 0.3) is 0 Å². The zero-order chi connectivity index (χ0) is 19.0. The van der Waals surface area contributed by atoms with Crippen LogP contribution in [0.25, 0.3) is 0 Å². The molecular weight excluding hydrogens is 474 g/mol. The maximum absolute atomic E-state index is 12.5. The van der Waals surface area contributed by atoms with Crippen molar-refractivity contribution in [3.05, 3.63) is 59.7 Å². The van der Waals surface area contributed by atoms with Crippen molar-refractivity contribution in [3.63, 3.8) is 0 Å².